The molecule has 1 amide bonds. The SMILES string of the molecule is CC/C=C\C/C=C\C/C=C\C/C=C\C/C=C\CCCCCCCC(=O)NC(COP(=O)([O-])OCC[N+](C)(C)C)C(/C=C/CCCCCCCCCCC)OC(=O)CCCCCCCCCCCCCCCCC/C=C\C/C=C\CCCCC. The minimum absolute atomic E-state index is 0.0299. The van der Waals surface area contributed by atoms with Gasteiger partial charge in [-0.05, 0) is 109 Å². The number of phosphoric ester groups is 1. The van der Waals surface area contributed by atoms with Crippen LogP contribution in [0.15, 0.2) is 97.2 Å². The van der Waals surface area contributed by atoms with Crippen molar-refractivity contribution in [1.82, 2.24) is 5.32 Å². The highest BCUT2D eigenvalue weighted by Gasteiger charge is 2.27. The van der Waals surface area contributed by atoms with Crippen molar-refractivity contribution in [3.05, 3.63) is 97.2 Å². The lowest BCUT2D eigenvalue weighted by Crippen LogP contribution is -2.47. The molecule has 1 N–H and O–H groups in total. The first-order valence-electron chi connectivity index (χ1n) is 34.5. The Morgan fingerprint density at radius 3 is 1.18 bits per heavy atom. The Morgan fingerprint density at radius 1 is 0.434 bits per heavy atom. The molecule has 0 aromatic rings. The molecule has 0 aliphatic rings. The summed E-state index contributed by atoms with van der Waals surface area (Å²) in [6.45, 7) is 6.70. The van der Waals surface area contributed by atoms with Crippen LogP contribution in [-0.2, 0) is 27.9 Å². The van der Waals surface area contributed by atoms with E-state index in [9.17, 15) is 19.0 Å². The van der Waals surface area contributed by atoms with Gasteiger partial charge in [-0.3, -0.25) is 14.2 Å². The number of ether oxygens (including phenoxy) is 1. The summed E-state index contributed by atoms with van der Waals surface area (Å²) in [5, 5.41) is 3.03. The minimum atomic E-state index is -4.71. The van der Waals surface area contributed by atoms with E-state index in [4.69, 9.17) is 13.8 Å². The summed E-state index contributed by atoms with van der Waals surface area (Å²) in [5.41, 5.74) is 0. The first kappa shape index (κ1) is 79.9. The number of nitrogens with zero attached hydrogens (tertiary/aromatic N) is 1. The second-order valence-electron chi connectivity index (χ2n) is 24.3. The van der Waals surface area contributed by atoms with Crippen LogP contribution >= 0.6 is 7.82 Å². The summed E-state index contributed by atoms with van der Waals surface area (Å²) in [6.07, 6.45) is 83.9. The number of phosphoric acid groups is 1. The van der Waals surface area contributed by atoms with Crippen molar-refractivity contribution in [2.24, 2.45) is 0 Å². The molecule has 480 valence electrons. The largest absolute Gasteiger partial charge is 0.756 e. The van der Waals surface area contributed by atoms with Crippen molar-refractivity contribution in [3.8, 4) is 0 Å². The first-order chi connectivity index (χ1) is 40.4. The van der Waals surface area contributed by atoms with Gasteiger partial charge in [-0.1, -0.05) is 279 Å². The number of quaternary nitrogens is 1. The second kappa shape index (κ2) is 62.0. The molecule has 0 saturated carbocycles. The smallest absolute Gasteiger partial charge is 0.306 e. The van der Waals surface area contributed by atoms with E-state index in [0.717, 1.165) is 109 Å². The molecular formula is C73H131N2O7P. The van der Waals surface area contributed by atoms with E-state index in [1.807, 2.05) is 33.3 Å². The molecule has 9 nitrogen and oxygen atoms in total. The fourth-order valence-corrected chi connectivity index (χ4v) is 10.4. The maximum absolute atomic E-state index is 13.6. The number of amides is 1. The summed E-state index contributed by atoms with van der Waals surface area (Å²) < 4.78 is 30.4. The van der Waals surface area contributed by atoms with Gasteiger partial charge in [0.25, 0.3) is 7.82 Å². The third-order valence-electron chi connectivity index (χ3n) is 15.0. The lowest BCUT2D eigenvalue weighted by Gasteiger charge is -2.30. The third-order valence-corrected chi connectivity index (χ3v) is 16.0. The molecule has 0 saturated heterocycles. The van der Waals surface area contributed by atoms with Gasteiger partial charge in [0.2, 0.25) is 5.91 Å². The monoisotopic (exact) mass is 1180 g/mol. The van der Waals surface area contributed by atoms with Gasteiger partial charge < -0.3 is 28.5 Å². The van der Waals surface area contributed by atoms with E-state index in [0.29, 0.717) is 23.9 Å². The third kappa shape index (κ3) is 63.3. The summed E-state index contributed by atoms with van der Waals surface area (Å²) in [5.74, 6) is -0.561. The molecule has 0 aromatic carbocycles. The highest BCUT2D eigenvalue weighted by atomic mass is 31.2. The van der Waals surface area contributed by atoms with Crippen LogP contribution in [0.2, 0.25) is 0 Å². The summed E-state index contributed by atoms with van der Waals surface area (Å²) in [6, 6.07) is -0.904. The average Bonchev–Trinajstić information content (AvgIpc) is 3.51. The lowest BCUT2D eigenvalue weighted by molar-refractivity contribution is -0.870. The van der Waals surface area contributed by atoms with Gasteiger partial charge in [0.15, 0.2) is 0 Å². The topological polar surface area (TPSA) is 114 Å². The summed E-state index contributed by atoms with van der Waals surface area (Å²) in [7, 11) is 1.17. The number of rotatable bonds is 62. The number of hydrogen-bond donors (Lipinski definition) is 1. The first-order valence-corrected chi connectivity index (χ1v) is 36.0. The zero-order chi connectivity index (χ0) is 60.7. The van der Waals surface area contributed by atoms with Crippen molar-refractivity contribution in [1.29, 1.82) is 0 Å². The predicted molar refractivity (Wildman–Crippen MR) is 358 cm³/mol. The number of hydrogen-bond acceptors (Lipinski definition) is 7. The number of nitrogens with one attached hydrogen (secondary N) is 1. The molecule has 83 heavy (non-hydrogen) atoms. The van der Waals surface area contributed by atoms with Gasteiger partial charge in [-0.15, -0.1) is 0 Å². The van der Waals surface area contributed by atoms with E-state index in [-0.39, 0.29) is 24.9 Å². The average molecular weight is 1180 g/mol. The normalized spacial score (nSPS) is 14.2. The van der Waals surface area contributed by atoms with Crippen LogP contribution in [0.1, 0.15) is 303 Å². The van der Waals surface area contributed by atoms with Gasteiger partial charge >= 0.3 is 5.97 Å². The van der Waals surface area contributed by atoms with Crippen molar-refractivity contribution in [2.45, 2.75) is 315 Å². The number of carbonyl (C=O) groups is 2. The zero-order valence-corrected chi connectivity index (χ0v) is 55.8. The van der Waals surface area contributed by atoms with E-state index >= 15 is 0 Å². The van der Waals surface area contributed by atoms with Gasteiger partial charge in [-0.2, -0.15) is 0 Å². The minimum Gasteiger partial charge on any atom is -0.756 e. The van der Waals surface area contributed by atoms with Crippen LogP contribution in [0.25, 0.3) is 0 Å². The van der Waals surface area contributed by atoms with Crippen LogP contribution < -0.4 is 10.2 Å². The van der Waals surface area contributed by atoms with Gasteiger partial charge in [0.05, 0.1) is 33.8 Å². The fourth-order valence-electron chi connectivity index (χ4n) is 9.70. The standard InChI is InChI=1S/C73H131N2O7P/c1-7-10-13-16-19-22-25-27-29-31-33-35-36-37-38-40-42-44-46-48-51-54-57-60-63-66-73(77)82-71(64-61-58-55-52-49-24-21-18-15-12-9-3)70(69-81-83(78,79)80-68-67-75(4,5)6)74-72(76)65-62-59-56-53-50-47-45-43-41-39-34-32-30-28-26-23-20-17-14-11-8-2/h11,14,19-20,22-23,27-30,34,39,43,45,61,64,70-71H,7-10,12-13,15-18,21,24-26,31-33,35-38,40-42,44,46-60,62-63,65-69H2,1-6H3,(H-,74,76,78,79)/b14-11-,22-19-,23-20-,29-27-,30-28-,39-34-,45-43-,64-61+. The number of unbranched alkanes of at least 4 members (excludes halogenated alkanes) is 32. The van der Waals surface area contributed by atoms with Crippen molar-refractivity contribution >= 4 is 19.7 Å². The molecule has 0 spiro atoms. The Balaban J connectivity index is 5.08. The zero-order valence-electron chi connectivity index (χ0n) is 54.9. The number of esters is 1. The van der Waals surface area contributed by atoms with Gasteiger partial charge in [0.1, 0.15) is 19.3 Å². The van der Waals surface area contributed by atoms with E-state index in [1.165, 1.54) is 154 Å². The molecule has 0 heterocycles. The lowest BCUT2D eigenvalue weighted by atomic mass is 10.0. The van der Waals surface area contributed by atoms with Crippen LogP contribution in [0.4, 0.5) is 0 Å². The second-order valence-corrected chi connectivity index (χ2v) is 25.7. The van der Waals surface area contributed by atoms with E-state index in [2.05, 4.69) is 111 Å². The fraction of sp³-hybridized carbons (Fsp3) is 0.753. The Hall–Kier alpha value is -3.07. The Bertz CT molecular complexity index is 1740. The molecule has 0 radical (unpaired) electrons. The number of likely N-dealkylation sites (N-methyl/N-ethyl adjacent to an activating group) is 1. The molecule has 0 bridgehead atoms. The quantitative estimate of drug-likeness (QED) is 0.0212. The van der Waals surface area contributed by atoms with Crippen molar-refractivity contribution in [3.63, 3.8) is 0 Å². The highest BCUT2D eigenvalue weighted by Crippen LogP contribution is 2.38. The van der Waals surface area contributed by atoms with Crippen LogP contribution in [-0.4, -0.2) is 69.4 Å². The summed E-state index contributed by atoms with van der Waals surface area (Å²) >= 11 is 0. The molecule has 0 fully saturated rings. The van der Waals surface area contributed by atoms with E-state index < -0.39 is 26.6 Å². The molecule has 0 aromatic heterocycles. The molecule has 3 unspecified atom stereocenters. The van der Waals surface area contributed by atoms with Crippen LogP contribution in [0.3, 0.4) is 0 Å². The molecular weight excluding hydrogens is 1050 g/mol. The number of allylic oxidation sites excluding steroid dienone is 15. The number of carbonyl (C=O) groups excluding carboxylic acids is 2. The maximum Gasteiger partial charge on any atom is 0.306 e. The molecule has 0 rings (SSSR count). The molecule has 3 atom stereocenters. The van der Waals surface area contributed by atoms with Gasteiger partial charge in [-0.25, -0.2) is 0 Å². The molecule has 0 aliphatic carbocycles. The molecule has 10 heteroatoms. The van der Waals surface area contributed by atoms with Crippen molar-refractivity contribution < 1.29 is 37.3 Å². The Labute approximate surface area is 513 Å². The predicted octanol–water partition coefficient (Wildman–Crippen LogP) is 21.3. The van der Waals surface area contributed by atoms with Crippen LogP contribution in [0, 0.1) is 0 Å². The van der Waals surface area contributed by atoms with Gasteiger partial charge in [0, 0.05) is 12.8 Å². The molecule has 0 aliphatic heterocycles. The van der Waals surface area contributed by atoms with Crippen molar-refractivity contribution in [2.75, 3.05) is 40.9 Å². The van der Waals surface area contributed by atoms with E-state index in [1.54, 1.807) is 0 Å². The Kier molecular flexibility index (Phi) is 59.7. The maximum atomic E-state index is 13.6. The van der Waals surface area contributed by atoms with Crippen LogP contribution in [0.5, 0.6) is 0 Å². The summed E-state index contributed by atoms with van der Waals surface area (Å²) in [4.78, 5) is 40.1. The highest BCUT2D eigenvalue weighted by molar-refractivity contribution is 7.45. The Morgan fingerprint density at radius 2 is 0.771 bits per heavy atom.